The van der Waals surface area contributed by atoms with Gasteiger partial charge in [0.05, 0.1) is 0 Å². The van der Waals surface area contributed by atoms with E-state index in [2.05, 4.69) is 49.6 Å². The third-order valence-electron chi connectivity index (χ3n) is 3.96. The van der Waals surface area contributed by atoms with E-state index < -0.39 is 0 Å². The molecule has 3 rings (SSSR count). The van der Waals surface area contributed by atoms with Gasteiger partial charge in [-0.05, 0) is 24.3 Å². The Labute approximate surface area is 136 Å². The molecule has 0 radical (unpaired) electrons. The summed E-state index contributed by atoms with van der Waals surface area (Å²) in [6.45, 7) is 5.54. The van der Waals surface area contributed by atoms with Crippen LogP contribution in [0.25, 0.3) is 0 Å². The summed E-state index contributed by atoms with van der Waals surface area (Å²) in [7, 11) is 0. The summed E-state index contributed by atoms with van der Waals surface area (Å²) in [5.74, 6) is 1.30. The molecule has 0 bridgehead atoms. The Balaban J connectivity index is 1.58. The number of anilines is 3. The highest BCUT2D eigenvalue weighted by molar-refractivity contribution is 5.89. The van der Waals surface area contributed by atoms with Crippen molar-refractivity contribution in [2.45, 2.75) is 13.3 Å². The number of nitrogens with one attached hydrogen (secondary N) is 1. The average molecular weight is 311 g/mol. The highest BCUT2D eigenvalue weighted by Crippen LogP contribution is 2.19. The van der Waals surface area contributed by atoms with Crippen LogP contribution >= 0.6 is 0 Å². The van der Waals surface area contributed by atoms with E-state index in [1.807, 2.05) is 19.1 Å². The van der Waals surface area contributed by atoms with Crippen molar-refractivity contribution in [3.8, 4) is 0 Å². The van der Waals surface area contributed by atoms with Gasteiger partial charge in [0, 0.05) is 38.3 Å². The Kier molecular flexibility index (Phi) is 4.71. The minimum Gasteiger partial charge on any atom is -0.368 e. The quantitative estimate of drug-likeness (QED) is 0.937. The van der Waals surface area contributed by atoms with E-state index in [4.69, 9.17) is 0 Å². The van der Waals surface area contributed by atoms with E-state index in [0.717, 1.165) is 32.0 Å². The number of hydrogen-bond acceptors (Lipinski definition) is 5. The Morgan fingerprint density at radius 1 is 1.00 bits per heavy atom. The molecule has 0 unspecified atom stereocenters. The monoisotopic (exact) mass is 311 g/mol. The largest absolute Gasteiger partial charge is 0.368 e. The van der Waals surface area contributed by atoms with E-state index in [9.17, 15) is 4.79 Å². The molecule has 2 heterocycles. The van der Waals surface area contributed by atoms with Crippen molar-refractivity contribution in [2.75, 3.05) is 41.3 Å². The molecule has 23 heavy (non-hydrogen) atoms. The number of nitrogens with zero attached hydrogens (tertiary/aromatic N) is 4. The molecule has 1 amide bonds. The van der Waals surface area contributed by atoms with Gasteiger partial charge in [-0.3, -0.25) is 4.79 Å². The summed E-state index contributed by atoms with van der Waals surface area (Å²) in [5.41, 5.74) is 1.26. The zero-order chi connectivity index (χ0) is 16.1. The van der Waals surface area contributed by atoms with Crippen molar-refractivity contribution in [3.05, 3.63) is 42.5 Å². The summed E-state index contributed by atoms with van der Waals surface area (Å²) in [4.78, 5) is 15.9. The van der Waals surface area contributed by atoms with Crippen molar-refractivity contribution >= 4 is 23.2 Å². The van der Waals surface area contributed by atoms with Crippen LogP contribution in [0.4, 0.5) is 17.3 Å². The second kappa shape index (κ2) is 7.09. The molecule has 1 aliphatic heterocycles. The van der Waals surface area contributed by atoms with Gasteiger partial charge in [-0.15, -0.1) is 10.2 Å². The van der Waals surface area contributed by atoms with E-state index in [-0.39, 0.29) is 5.91 Å². The molecule has 6 nitrogen and oxygen atoms in total. The van der Waals surface area contributed by atoms with Crippen LogP contribution in [0.3, 0.4) is 0 Å². The molecule has 0 aliphatic carbocycles. The zero-order valence-electron chi connectivity index (χ0n) is 13.3. The summed E-state index contributed by atoms with van der Waals surface area (Å²) >= 11 is 0. The number of piperazine rings is 1. The van der Waals surface area contributed by atoms with Gasteiger partial charge in [-0.2, -0.15) is 0 Å². The van der Waals surface area contributed by atoms with Crippen LogP contribution in [0.2, 0.25) is 0 Å². The predicted octanol–water partition coefficient (Wildman–Crippen LogP) is 2.15. The first-order valence-corrected chi connectivity index (χ1v) is 7.95. The van der Waals surface area contributed by atoms with Gasteiger partial charge in [-0.1, -0.05) is 25.1 Å². The first kappa shape index (κ1) is 15.3. The van der Waals surface area contributed by atoms with Gasteiger partial charge in [0.25, 0.3) is 0 Å². The maximum Gasteiger partial charge on any atom is 0.225 e. The second-order valence-electron chi connectivity index (χ2n) is 5.49. The fraction of sp³-hybridized carbons (Fsp3) is 0.353. The molecule has 120 valence electrons. The minimum absolute atomic E-state index is 0.0523. The van der Waals surface area contributed by atoms with Gasteiger partial charge in [0.2, 0.25) is 5.91 Å². The Hall–Kier alpha value is -2.63. The SMILES string of the molecule is CCC(=O)Nc1ccc(N2CCN(c3ccccc3)CC2)nn1. The molecule has 1 saturated heterocycles. The van der Waals surface area contributed by atoms with E-state index in [1.54, 1.807) is 6.07 Å². The van der Waals surface area contributed by atoms with Crippen molar-refractivity contribution < 1.29 is 4.79 Å². The molecule has 6 heteroatoms. The lowest BCUT2D eigenvalue weighted by Gasteiger charge is -2.36. The van der Waals surface area contributed by atoms with Crippen LogP contribution in [0.15, 0.2) is 42.5 Å². The van der Waals surface area contributed by atoms with Gasteiger partial charge in [0.1, 0.15) is 0 Å². The van der Waals surface area contributed by atoms with Gasteiger partial charge >= 0.3 is 0 Å². The number of hydrogen-bond donors (Lipinski definition) is 1. The highest BCUT2D eigenvalue weighted by Gasteiger charge is 2.18. The lowest BCUT2D eigenvalue weighted by atomic mass is 10.2. The molecule has 0 spiro atoms. The van der Waals surface area contributed by atoms with Crippen molar-refractivity contribution in [1.29, 1.82) is 0 Å². The van der Waals surface area contributed by atoms with Crippen molar-refractivity contribution in [3.63, 3.8) is 0 Å². The number of aromatic nitrogens is 2. The number of para-hydroxylation sites is 1. The second-order valence-corrected chi connectivity index (χ2v) is 5.49. The van der Waals surface area contributed by atoms with Crippen LogP contribution in [-0.2, 0) is 4.79 Å². The van der Waals surface area contributed by atoms with Gasteiger partial charge in [-0.25, -0.2) is 0 Å². The minimum atomic E-state index is -0.0523. The van der Waals surface area contributed by atoms with Crippen LogP contribution in [0.5, 0.6) is 0 Å². The number of amides is 1. The standard InChI is InChI=1S/C17H21N5O/c1-2-17(23)18-15-8-9-16(20-19-15)22-12-10-21(11-13-22)14-6-4-3-5-7-14/h3-9H,2,10-13H2,1H3,(H,18,19,23). The van der Waals surface area contributed by atoms with Crippen LogP contribution in [-0.4, -0.2) is 42.3 Å². The summed E-state index contributed by atoms with van der Waals surface area (Å²) < 4.78 is 0. The van der Waals surface area contributed by atoms with Gasteiger partial charge < -0.3 is 15.1 Å². The molecule has 1 fully saturated rings. The average Bonchev–Trinajstić information content (AvgIpc) is 2.63. The van der Waals surface area contributed by atoms with Crippen LogP contribution < -0.4 is 15.1 Å². The lowest BCUT2D eigenvalue weighted by Crippen LogP contribution is -2.46. The fourth-order valence-corrected chi connectivity index (χ4v) is 2.62. The van der Waals surface area contributed by atoms with E-state index in [1.165, 1.54) is 5.69 Å². The predicted molar refractivity (Wildman–Crippen MR) is 91.8 cm³/mol. The Bertz CT molecular complexity index is 636. The number of benzene rings is 1. The number of rotatable bonds is 4. The maximum absolute atomic E-state index is 11.3. The van der Waals surface area contributed by atoms with E-state index >= 15 is 0 Å². The molecule has 1 aromatic carbocycles. The number of carbonyl (C=O) groups excluding carboxylic acids is 1. The Morgan fingerprint density at radius 2 is 1.70 bits per heavy atom. The highest BCUT2D eigenvalue weighted by atomic mass is 16.1. The van der Waals surface area contributed by atoms with E-state index in [0.29, 0.717) is 12.2 Å². The molecule has 0 atom stereocenters. The summed E-state index contributed by atoms with van der Waals surface area (Å²) in [5, 5.41) is 11.0. The number of carbonyl (C=O) groups is 1. The van der Waals surface area contributed by atoms with Gasteiger partial charge in [0.15, 0.2) is 11.6 Å². The molecular formula is C17H21N5O. The third kappa shape index (κ3) is 3.77. The zero-order valence-corrected chi connectivity index (χ0v) is 13.3. The summed E-state index contributed by atoms with van der Waals surface area (Å²) in [6.07, 6.45) is 0.435. The fourth-order valence-electron chi connectivity index (χ4n) is 2.62. The topological polar surface area (TPSA) is 61.4 Å². The first-order valence-electron chi connectivity index (χ1n) is 7.95. The lowest BCUT2D eigenvalue weighted by molar-refractivity contribution is -0.115. The smallest absolute Gasteiger partial charge is 0.225 e. The molecule has 1 aliphatic rings. The molecular weight excluding hydrogens is 290 g/mol. The third-order valence-corrected chi connectivity index (χ3v) is 3.96. The molecule has 2 aromatic rings. The van der Waals surface area contributed by atoms with Crippen LogP contribution in [0, 0.1) is 0 Å². The Morgan fingerprint density at radius 3 is 2.30 bits per heavy atom. The van der Waals surface area contributed by atoms with Crippen molar-refractivity contribution in [1.82, 2.24) is 10.2 Å². The van der Waals surface area contributed by atoms with Crippen molar-refractivity contribution in [2.24, 2.45) is 0 Å². The molecule has 1 N–H and O–H groups in total. The van der Waals surface area contributed by atoms with Crippen LogP contribution in [0.1, 0.15) is 13.3 Å². The summed E-state index contributed by atoms with van der Waals surface area (Å²) in [6, 6.07) is 14.2. The molecule has 1 aromatic heterocycles. The molecule has 0 saturated carbocycles. The first-order chi connectivity index (χ1) is 11.3. The maximum atomic E-state index is 11.3. The normalized spacial score (nSPS) is 14.7.